The van der Waals surface area contributed by atoms with Gasteiger partial charge in [-0.3, -0.25) is 4.79 Å². The lowest BCUT2D eigenvalue weighted by Crippen LogP contribution is -2.87. The van der Waals surface area contributed by atoms with Gasteiger partial charge in [-0.25, -0.2) is 0 Å². The topological polar surface area (TPSA) is 45.7 Å². The Bertz CT molecular complexity index is 860. The second-order valence-electron chi connectivity index (χ2n) is 7.35. The first-order valence-electron chi connectivity index (χ1n) is 9.90. The van der Waals surface area contributed by atoms with Gasteiger partial charge in [0.05, 0.1) is 0 Å². The monoisotopic (exact) mass is 373 g/mol. The molecule has 0 aromatic heterocycles. The molecule has 0 aliphatic rings. The van der Waals surface area contributed by atoms with Crippen LogP contribution in [0.3, 0.4) is 0 Å². The van der Waals surface area contributed by atoms with Gasteiger partial charge in [-0.1, -0.05) is 97.4 Å². The van der Waals surface area contributed by atoms with E-state index in [1.54, 1.807) is 0 Å². The van der Waals surface area contributed by atoms with E-state index in [0.29, 0.717) is 19.0 Å². The van der Waals surface area contributed by atoms with Crippen molar-refractivity contribution in [1.82, 2.24) is 5.32 Å². The number of benzene rings is 3. The van der Waals surface area contributed by atoms with E-state index in [1.165, 1.54) is 22.3 Å². The Morgan fingerprint density at radius 2 is 1.36 bits per heavy atom. The normalized spacial score (nSPS) is 12.9. The minimum Gasteiger partial charge on any atom is -0.351 e. The fourth-order valence-corrected chi connectivity index (χ4v) is 3.36. The van der Waals surface area contributed by atoms with Crippen LogP contribution >= 0.6 is 0 Å². The highest BCUT2D eigenvalue weighted by Gasteiger charge is 2.19. The molecule has 0 aliphatic carbocycles. The van der Waals surface area contributed by atoms with Crippen molar-refractivity contribution in [2.75, 3.05) is 13.1 Å². The number of nitrogens with two attached hydrogens (primary N) is 1. The summed E-state index contributed by atoms with van der Waals surface area (Å²) in [6, 6.07) is 29.3. The van der Waals surface area contributed by atoms with Crippen molar-refractivity contribution < 1.29 is 10.1 Å². The van der Waals surface area contributed by atoms with Crippen LogP contribution in [-0.2, 0) is 4.79 Å². The lowest BCUT2D eigenvalue weighted by Gasteiger charge is -2.17. The fourth-order valence-electron chi connectivity index (χ4n) is 3.36. The van der Waals surface area contributed by atoms with Crippen LogP contribution in [-0.4, -0.2) is 19.0 Å². The molecule has 0 bridgehead atoms. The highest BCUT2D eigenvalue weighted by atomic mass is 16.1. The van der Waals surface area contributed by atoms with Crippen LogP contribution in [0.15, 0.2) is 84.9 Å². The predicted molar refractivity (Wildman–Crippen MR) is 114 cm³/mol. The van der Waals surface area contributed by atoms with E-state index < -0.39 is 0 Å². The number of carbonyl (C=O) groups is 1. The molecule has 3 nitrogen and oxygen atoms in total. The molecule has 0 aliphatic heterocycles. The van der Waals surface area contributed by atoms with Crippen molar-refractivity contribution >= 4 is 5.91 Å². The molecular weight excluding hydrogens is 344 g/mol. The summed E-state index contributed by atoms with van der Waals surface area (Å²) in [7, 11) is 0. The van der Waals surface area contributed by atoms with Crippen molar-refractivity contribution in [3.05, 3.63) is 107 Å². The van der Waals surface area contributed by atoms with Crippen LogP contribution in [0.1, 0.15) is 41.1 Å². The van der Waals surface area contributed by atoms with Crippen LogP contribution in [0.25, 0.3) is 0 Å². The standard InChI is InChI=1S/C25H28N2O/c1-19-13-15-23(16-14-19)25(22-11-7-4-8-12-22)27-18-24(28)26-17-20(2)21-9-5-3-6-10-21/h3-16,20,25,27H,17-18H2,1-2H3,(H,26,28)/p+1/t20-,25-/m0/s1. The Kier molecular flexibility index (Phi) is 6.99. The minimum absolute atomic E-state index is 0.0656. The summed E-state index contributed by atoms with van der Waals surface area (Å²) in [6.07, 6.45) is 0. The number of carbonyl (C=O) groups excluding carboxylic acids is 1. The summed E-state index contributed by atoms with van der Waals surface area (Å²) in [5.41, 5.74) is 4.90. The lowest BCUT2D eigenvalue weighted by atomic mass is 9.98. The van der Waals surface area contributed by atoms with Gasteiger partial charge in [-0.15, -0.1) is 0 Å². The Morgan fingerprint density at radius 3 is 1.96 bits per heavy atom. The number of nitrogens with one attached hydrogen (secondary N) is 1. The molecule has 0 saturated carbocycles. The van der Waals surface area contributed by atoms with Gasteiger partial charge in [-0.05, 0) is 18.4 Å². The molecule has 3 rings (SSSR count). The maximum atomic E-state index is 12.5. The van der Waals surface area contributed by atoms with Crippen molar-refractivity contribution in [1.29, 1.82) is 0 Å². The zero-order chi connectivity index (χ0) is 19.8. The van der Waals surface area contributed by atoms with Crippen molar-refractivity contribution in [2.45, 2.75) is 25.8 Å². The number of quaternary nitrogens is 1. The van der Waals surface area contributed by atoms with Crippen LogP contribution in [0, 0.1) is 6.92 Å². The summed E-state index contributed by atoms with van der Waals surface area (Å²) in [5.74, 6) is 0.364. The van der Waals surface area contributed by atoms with Gasteiger partial charge in [0.15, 0.2) is 6.54 Å². The summed E-state index contributed by atoms with van der Waals surface area (Å²) < 4.78 is 0. The van der Waals surface area contributed by atoms with E-state index in [1.807, 2.05) is 36.4 Å². The van der Waals surface area contributed by atoms with E-state index in [9.17, 15) is 4.79 Å². The Morgan fingerprint density at radius 1 is 0.821 bits per heavy atom. The lowest BCUT2D eigenvalue weighted by molar-refractivity contribution is -0.676. The maximum Gasteiger partial charge on any atom is 0.275 e. The van der Waals surface area contributed by atoms with Crippen LogP contribution in [0.5, 0.6) is 0 Å². The average Bonchev–Trinajstić information content (AvgIpc) is 2.75. The summed E-state index contributed by atoms with van der Waals surface area (Å²) in [6.45, 7) is 5.27. The molecule has 28 heavy (non-hydrogen) atoms. The molecule has 144 valence electrons. The van der Waals surface area contributed by atoms with E-state index in [2.05, 4.69) is 73.0 Å². The van der Waals surface area contributed by atoms with Gasteiger partial charge < -0.3 is 10.6 Å². The molecule has 0 unspecified atom stereocenters. The Hall–Kier alpha value is -2.91. The second-order valence-corrected chi connectivity index (χ2v) is 7.35. The van der Waals surface area contributed by atoms with Gasteiger partial charge in [-0.2, -0.15) is 0 Å². The molecule has 0 radical (unpaired) electrons. The summed E-state index contributed by atoms with van der Waals surface area (Å²) in [5, 5.41) is 5.19. The zero-order valence-electron chi connectivity index (χ0n) is 16.6. The Labute approximate surface area is 167 Å². The number of hydrogen-bond acceptors (Lipinski definition) is 1. The average molecular weight is 374 g/mol. The highest BCUT2D eigenvalue weighted by molar-refractivity contribution is 5.76. The highest BCUT2D eigenvalue weighted by Crippen LogP contribution is 2.18. The SMILES string of the molecule is Cc1ccc([C@@H]([NH2+]CC(=O)NC[C@H](C)c2ccccc2)c2ccccc2)cc1. The summed E-state index contributed by atoms with van der Waals surface area (Å²) >= 11 is 0. The van der Waals surface area contributed by atoms with Crippen LogP contribution < -0.4 is 10.6 Å². The molecule has 1 amide bonds. The second kappa shape index (κ2) is 9.86. The molecule has 0 spiro atoms. The fraction of sp³-hybridized carbons (Fsp3) is 0.240. The number of rotatable bonds is 8. The number of amides is 1. The van der Waals surface area contributed by atoms with Gasteiger partial charge in [0.2, 0.25) is 0 Å². The molecule has 3 aromatic carbocycles. The van der Waals surface area contributed by atoms with E-state index in [4.69, 9.17) is 0 Å². The van der Waals surface area contributed by atoms with Crippen LogP contribution in [0.4, 0.5) is 0 Å². The molecular formula is C25H29N2O+. The van der Waals surface area contributed by atoms with Crippen molar-refractivity contribution in [2.24, 2.45) is 0 Å². The van der Waals surface area contributed by atoms with E-state index in [0.717, 1.165) is 0 Å². The molecule has 0 fully saturated rings. The van der Waals surface area contributed by atoms with Gasteiger partial charge in [0.1, 0.15) is 6.04 Å². The van der Waals surface area contributed by atoms with Crippen molar-refractivity contribution in [3.63, 3.8) is 0 Å². The minimum atomic E-state index is 0.0656. The molecule has 3 heteroatoms. The van der Waals surface area contributed by atoms with Gasteiger partial charge in [0, 0.05) is 17.7 Å². The van der Waals surface area contributed by atoms with Crippen molar-refractivity contribution in [3.8, 4) is 0 Å². The first kappa shape index (κ1) is 19.8. The maximum absolute atomic E-state index is 12.5. The first-order chi connectivity index (χ1) is 13.6. The third-order valence-corrected chi connectivity index (χ3v) is 5.11. The number of hydrogen-bond donors (Lipinski definition) is 2. The third-order valence-electron chi connectivity index (χ3n) is 5.11. The van der Waals surface area contributed by atoms with E-state index in [-0.39, 0.29) is 11.9 Å². The Balaban J connectivity index is 1.60. The zero-order valence-corrected chi connectivity index (χ0v) is 16.6. The smallest absolute Gasteiger partial charge is 0.275 e. The molecule has 2 atom stereocenters. The quantitative estimate of drug-likeness (QED) is 0.623. The largest absolute Gasteiger partial charge is 0.351 e. The molecule has 0 heterocycles. The molecule has 3 N–H and O–H groups in total. The van der Waals surface area contributed by atoms with Gasteiger partial charge >= 0.3 is 0 Å². The summed E-state index contributed by atoms with van der Waals surface area (Å²) in [4.78, 5) is 12.5. The van der Waals surface area contributed by atoms with Crippen LogP contribution in [0.2, 0.25) is 0 Å². The van der Waals surface area contributed by atoms with Gasteiger partial charge in [0.25, 0.3) is 5.91 Å². The first-order valence-corrected chi connectivity index (χ1v) is 9.90. The third kappa shape index (κ3) is 5.54. The predicted octanol–water partition coefficient (Wildman–Crippen LogP) is 3.57. The molecule has 0 saturated heterocycles. The van der Waals surface area contributed by atoms with E-state index >= 15 is 0 Å². The number of aryl methyl sites for hydroxylation is 1. The molecule has 3 aromatic rings.